The summed E-state index contributed by atoms with van der Waals surface area (Å²) in [5.74, 6) is -0.802. The summed E-state index contributed by atoms with van der Waals surface area (Å²) in [5.41, 5.74) is 0. The number of carboxylic acids is 1. The van der Waals surface area contributed by atoms with E-state index in [1.165, 1.54) is 0 Å². The van der Waals surface area contributed by atoms with Gasteiger partial charge in [-0.2, -0.15) is 0 Å². The molecule has 0 fully saturated rings. The number of hydrogen-bond donors (Lipinski definition) is 1. The Bertz CT molecular complexity index is 117. The first-order valence-corrected chi connectivity index (χ1v) is 4.65. The number of nitrogens with zero attached hydrogens (tertiary/aromatic N) is 1. The van der Waals surface area contributed by atoms with Gasteiger partial charge >= 0.3 is 5.97 Å². The molecule has 0 amide bonds. The molecule has 0 aromatic heterocycles. The monoisotopic (exact) mass is 191 g/mol. The van der Waals surface area contributed by atoms with E-state index in [9.17, 15) is 4.79 Å². The summed E-state index contributed by atoms with van der Waals surface area (Å²) in [5, 5.41) is 8.36. The van der Waals surface area contributed by atoms with Gasteiger partial charge in [0, 0.05) is 13.2 Å². The molecule has 0 aromatic rings. The molecule has 0 radical (unpaired) electrons. The fourth-order valence-corrected chi connectivity index (χ4v) is 0.675. The van der Waals surface area contributed by atoms with Crippen LogP contribution >= 0.6 is 0 Å². The van der Waals surface area contributed by atoms with Crippen LogP contribution < -0.4 is 0 Å². The number of rotatable bonds is 6. The summed E-state index contributed by atoms with van der Waals surface area (Å²) in [4.78, 5) is 11.9. The minimum atomic E-state index is -0.802. The highest BCUT2D eigenvalue weighted by atomic mass is 16.5. The van der Waals surface area contributed by atoms with Gasteiger partial charge in [-0.05, 0) is 14.0 Å². The lowest BCUT2D eigenvalue weighted by atomic mass is 10.5. The van der Waals surface area contributed by atoms with Crippen molar-refractivity contribution in [3.05, 3.63) is 0 Å². The Labute approximate surface area is 80.5 Å². The van der Waals surface area contributed by atoms with Crippen molar-refractivity contribution < 1.29 is 14.6 Å². The maximum atomic E-state index is 10.2. The zero-order valence-electron chi connectivity index (χ0n) is 9.04. The van der Waals surface area contributed by atoms with Crippen LogP contribution in [0, 0.1) is 0 Å². The van der Waals surface area contributed by atoms with E-state index in [0.29, 0.717) is 19.8 Å². The molecule has 0 aliphatic heterocycles. The standard InChI is InChI=1S/C7H15NO3.C2H6/c1-3-11-5-4-8(2)6-7(9)10;1-2/h3-6H2,1-2H3,(H,9,10);1-2H3. The topological polar surface area (TPSA) is 49.8 Å². The Hall–Kier alpha value is -0.610. The van der Waals surface area contributed by atoms with E-state index in [1.807, 2.05) is 20.8 Å². The highest BCUT2D eigenvalue weighted by molar-refractivity contribution is 5.68. The van der Waals surface area contributed by atoms with E-state index >= 15 is 0 Å². The zero-order chi connectivity index (χ0) is 10.7. The molecule has 0 aliphatic carbocycles. The molecule has 0 aromatic carbocycles. The van der Waals surface area contributed by atoms with Crippen molar-refractivity contribution in [2.24, 2.45) is 0 Å². The second kappa shape index (κ2) is 11.4. The SMILES string of the molecule is CC.CCOCCN(C)CC(=O)O. The molecule has 0 rings (SSSR count). The first kappa shape index (κ1) is 14.9. The molecular formula is C9H21NO3. The van der Waals surface area contributed by atoms with Gasteiger partial charge in [-0.1, -0.05) is 13.8 Å². The summed E-state index contributed by atoms with van der Waals surface area (Å²) in [6.07, 6.45) is 0. The van der Waals surface area contributed by atoms with E-state index in [-0.39, 0.29) is 6.54 Å². The van der Waals surface area contributed by atoms with E-state index in [0.717, 1.165) is 0 Å². The van der Waals surface area contributed by atoms with Crippen molar-refractivity contribution in [3.8, 4) is 0 Å². The fraction of sp³-hybridized carbons (Fsp3) is 0.889. The van der Waals surface area contributed by atoms with E-state index in [1.54, 1.807) is 11.9 Å². The van der Waals surface area contributed by atoms with Crippen molar-refractivity contribution in [2.75, 3.05) is 33.4 Å². The molecule has 0 aliphatic rings. The van der Waals surface area contributed by atoms with Crippen molar-refractivity contribution >= 4 is 5.97 Å². The predicted octanol–water partition coefficient (Wildman–Crippen LogP) is 1.07. The van der Waals surface area contributed by atoms with Crippen LogP contribution in [0.25, 0.3) is 0 Å². The van der Waals surface area contributed by atoms with Gasteiger partial charge in [-0.3, -0.25) is 9.69 Å². The molecule has 0 saturated carbocycles. The number of aliphatic carboxylic acids is 1. The highest BCUT2D eigenvalue weighted by Crippen LogP contribution is 1.82. The molecule has 80 valence electrons. The third-order valence-electron chi connectivity index (χ3n) is 1.23. The first-order valence-electron chi connectivity index (χ1n) is 4.65. The molecule has 1 N–H and O–H groups in total. The van der Waals surface area contributed by atoms with E-state index in [4.69, 9.17) is 9.84 Å². The average molecular weight is 191 g/mol. The van der Waals surface area contributed by atoms with Gasteiger partial charge in [-0.15, -0.1) is 0 Å². The maximum absolute atomic E-state index is 10.2. The van der Waals surface area contributed by atoms with Crippen LogP contribution in [0.15, 0.2) is 0 Å². The van der Waals surface area contributed by atoms with Gasteiger partial charge in [0.05, 0.1) is 13.2 Å². The van der Waals surface area contributed by atoms with Crippen LogP contribution in [0.2, 0.25) is 0 Å². The van der Waals surface area contributed by atoms with Crippen molar-refractivity contribution in [1.82, 2.24) is 4.90 Å². The Morgan fingerprint density at radius 3 is 2.38 bits per heavy atom. The molecular weight excluding hydrogens is 170 g/mol. The normalized spacial score (nSPS) is 9.31. The molecule has 0 spiro atoms. The second-order valence-corrected chi connectivity index (χ2v) is 2.33. The van der Waals surface area contributed by atoms with Gasteiger partial charge in [0.2, 0.25) is 0 Å². The quantitative estimate of drug-likeness (QED) is 0.638. The fourth-order valence-electron chi connectivity index (χ4n) is 0.675. The van der Waals surface area contributed by atoms with Crippen LogP contribution in [0.3, 0.4) is 0 Å². The van der Waals surface area contributed by atoms with Crippen LogP contribution in [0.4, 0.5) is 0 Å². The third-order valence-corrected chi connectivity index (χ3v) is 1.23. The van der Waals surface area contributed by atoms with E-state index in [2.05, 4.69) is 0 Å². The van der Waals surface area contributed by atoms with Gasteiger partial charge in [-0.25, -0.2) is 0 Å². The van der Waals surface area contributed by atoms with Crippen molar-refractivity contribution in [1.29, 1.82) is 0 Å². The third kappa shape index (κ3) is 14.3. The number of carboxylic acid groups (broad SMARTS) is 1. The maximum Gasteiger partial charge on any atom is 0.317 e. The Morgan fingerprint density at radius 2 is 2.00 bits per heavy atom. The van der Waals surface area contributed by atoms with Gasteiger partial charge < -0.3 is 9.84 Å². The minimum Gasteiger partial charge on any atom is -0.480 e. The summed E-state index contributed by atoms with van der Waals surface area (Å²) in [6, 6.07) is 0. The molecule has 0 saturated heterocycles. The van der Waals surface area contributed by atoms with Gasteiger partial charge in [0.25, 0.3) is 0 Å². The summed E-state index contributed by atoms with van der Waals surface area (Å²) >= 11 is 0. The van der Waals surface area contributed by atoms with Crippen molar-refractivity contribution in [3.63, 3.8) is 0 Å². The lowest BCUT2D eigenvalue weighted by Crippen LogP contribution is -2.28. The Kier molecular flexibility index (Phi) is 13.0. The molecule has 0 unspecified atom stereocenters. The molecule has 0 atom stereocenters. The number of ether oxygens (including phenoxy) is 1. The Balaban J connectivity index is 0. The number of hydrogen-bond acceptors (Lipinski definition) is 3. The molecule has 4 nitrogen and oxygen atoms in total. The lowest BCUT2D eigenvalue weighted by molar-refractivity contribution is -0.138. The van der Waals surface area contributed by atoms with Crippen LogP contribution in [0.1, 0.15) is 20.8 Å². The largest absolute Gasteiger partial charge is 0.480 e. The molecule has 13 heavy (non-hydrogen) atoms. The Morgan fingerprint density at radius 1 is 1.46 bits per heavy atom. The van der Waals surface area contributed by atoms with Crippen LogP contribution in [-0.4, -0.2) is 49.3 Å². The minimum absolute atomic E-state index is 0.0765. The van der Waals surface area contributed by atoms with Gasteiger partial charge in [0.15, 0.2) is 0 Å². The summed E-state index contributed by atoms with van der Waals surface area (Å²) < 4.78 is 5.05. The summed E-state index contributed by atoms with van der Waals surface area (Å²) in [7, 11) is 1.76. The number of likely N-dealkylation sites (N-methyl/N-ethyl adjacent to an activating group) is 1. The first-order chi connectivity index (χ1) is 6.16. The second-order valence-electron chi connectivity index (χ2n) is 2.33. The molecule has 4 heteroatoms. The average Bonchev–Trinajstić information content (AvgIpc) is 2.07. The van der Waals surface area contributed by atoms with Gasteiger partial charge in [0.1, 0.15) is 0 Å². The number of carbonyl (C=O) groups is 1. The van der Waals surface area contributed by atoms with Crippen LogP contribution in [-0.2, 0) is 9.53 Å². The van der Waals surface area contributed by atoms with E-state index < -0.39 is 5.97 Å². The molecule has 0 heterocycles. The lowest BCUT2D eigenvalue weighted by Gasteiger charge is -2.12. The predicted molar refractivity (Wildman–Crippen MR) is 53.0 cm³/mol. The smallest absolute Gasteiger partial charge is 0.317 e. The van der Waals surface area contributed by atoms with Crippen LogP contribution in [0.5, 0.6) is 0 Å². The molecule has 0 bridgehead atoms. The highest BCUT2D eigenvalue weighted by Gasteiger charge is 2.02. The van der Waals surface area contributed by atoms with Crippen molar-refractivity contribution in [2.45, 2.75) is 20.8 Å². The summed E-state index contributed by atoms with van der Waals surface area (Å²) in [6.45, 7) is 7.94. The zero-order valence-corrected chi connectivity index (χ0v) is 9.04.